The number of carbonyl (C=O) groups is 2. The summed E-state index contributed by atoms with van der Waals surface area (Å²) in [6, 6.07) is 8.92. The lowest BCUT2D eigenvalue weighted by Crippen LogP contribution is -2.15. The summed E-state index contributed by atoms with van der Waals surface area (Å²) in [6.07, 6.45) is 0. The summed E-state index contributed by atoms with van der Waals surface area (Å²) in [6.45, 7) is 0. The Kier molecular flexibility index (Phi) is 4.50. The second-order valence-electron chi connectivity index (χ2n) is 4.19. The van der Waals surface area contributed by atoms with Crippen LogP contribution in [0.15, 0.2) is 40.9 Å². The maximum absolute atomic E-state index is 12.2. The number of amides is 1. The second kappa shape index (κ2) is 6.15. The molecule has 0 atom stereocenters. The standard InChI is InChI=1S/C14H10BrClN2O3/c15-11-4-1-7(16)5-10(11)13(19)18-12-6-8(17)2-3-9(12)14(20)21/h1-6H,17H2,(H,18,19)(H,20,21). The topological polar surface area (TPSA) is 92.4 Å². The van der Waals surface area contributed by atoms with E-state index in [4.69, 9.17) is 22.4 Å². The van der Waals surface area contributed by atoms with Gasteiger partial charge in [-0.25, -0.2) is 4.79 Å². The molecule has 5 nitrogen and oxygen atoms in total. The zero-order valence-corrected chi connectivity index (χ0v) is 12.9. The van der Waals surface area contributed by atoms with E-state index >= 15 is 0 Å². The summed E-state index contributed by atoms with van der Waals surface area (Å²) in [5.41, 5.74) is 6.34. The van der Waals surface area contributed by atoms with Crippen LogP contribution < -0.4 is 11.1 Å². The molecule has 1 amide bonds. The molecular weight excluding hydrogens is 360 g/mol. The molecule has 0 saturated carbocycles. The van der Waals surface area contributed by atoms with Gasteiger partial charge < -0.3 is 16.2 Å². The highest BCUT2D eigenvalue weighted by molar-refractivity contribution is 9.10. The number of carboxylic acid groups (broad SMARTS) is 1. The minimum absolute atomic E-state index is 0.0456. The molecule has 0 saturated heterocycles. The van der Waals surface area contributed by atoms with Crippen LogP contribution in [-0.2, 0) is 0 Å². The van der Waals surface area contributed by atoms with E-state index in [1.54, 1.807) is 12.1 Å². The number of nitrogens with two attached hydrogens (primary N) is 1. The van der Waals surface area contributed by atoms with Crippen molar-refractivity contribution in [3.8, 4) is 0 Å². The highest BCUT2D eigenvalue weighted by Gasteiger charge is 2.16. The van der Waals surface area contributed by atoms with Crippen LogP contribution in [0.1, 0.15) is 20.7 Å². The Morgan fingerprint density at radius 2 is 1.86 bits per heavy atom. The van der Waals surface area contributed by atoms with Crippen LogP contribution in [0, 0.1) is 0 Å². The number of nitrogens with one attached hydrogen (secondary N) is 1. The Bertz CT molecular complexity index is 734. The van der Waals surface area contributed by atoms with Crippen molar-refractivity contribution in [2.45, 2.75) is 0 Å². The van der Waals surface area contributed by atoms with Crippen molar-refractivity contribution < 1.29 is 14.7 Å². The van der Waals surface area contributed by atoms with Crippen molar-refractivity contribution in [3.05, 3.63) is 57.0 Å². The van der Waals surface area contributed by atoms with Gasteiger partial charge in [0, 0.05) is 15.2 Å². The molecule has 0 unspecified atom stereocenters. The molecule has 0 aliphatic carbocycles. The molecule has 2 aromatic carbocycles. The SMILES string of the molecule is Nc1ccc(C(=O)O)c(NC(=O)c2cc(Cl)ccc2Br)c1. The molecule has 0 aromatic heterocycles. The zero-order chi connectivity index (χ0) is 15.6. The number of hydrogen-bond donors (Lipinski definition) is 3. The van der Waals surface area contributed by atoms with Crippen molar-refractivity contribution >= 4 is 50.8 Å². The van der Waals surface area contributed by atoms with E-state index in [1.165, 1.54) is 24.3 Å². The van der Waals surface area contributed by atoms with Gasteiger partial charge in [0.2, 0.25) is 0 Å². The maximum Gasteiger partial charge on any atom is 0.337 e. The highest BCUT2D eigenvalue weighted by atomic mass is 79.9. The summed E-state index contributed by atoms with van der Waals surface area (Å²) in [5, 5.41) is 12.0. The first-order chi connectivity index (χ1) is 9.88. The third-order valence-electron chi connectivity index (χ3n) is 2.70. The van der Waals surface area contributed by atoms with Gasteiger partial charge in [0.15, 0.2) is 0 Å². The van der Waals surface area contributed by atoms with Crippen molar-refractivity contribution in [1.82, 2.24) is 0 Å². The van der Waals surface area contributed by atoms with E-state index in [9.17, 15) is 9.59 Å². The van der Waals surface area contributed by atoms with Gasteiger partial charge in [-0.3, -0.25) is 4.79 Å². The lowest BCUT2D eigenvalue weighted by Gasteiger charge is -2.10. The number of carboxylic acids is 1. The molecule has 2 aromatic rings. The Balaban J connectivity index is 2.38. The van der Waals surface area contributed by atoms with Crippen LogP contribution in [0.5, 0.6) is 0 Å². The molecule has 108 valence electrons. The summed E-state index contributed by atoms with van der Waals surface area (Å²) in [4.78, 5) is 23.4. The van der Waals surface area contributed by atoms with E-state index in [2.05, 4.69) is 21.2 Å². The third-order valence-corrected chi connectivity index (χ3v) is 3.62. The molecule has 0 bridgehead atoms. The Hall–Kier alpha value is -2.05. The monoisotopic (exact) mass is 368 g/mol. The molecule has 0 radical (unpaired) electrons. The molecule has 0 aliphatic heterocycles. The van der Waals surface area contributed by atoms with Crippen LogP contribution in [0.25, 0.3) is 0 Å². The normalized spacial score (nSPS) is 10.2. The van der Waals surface area contributed by atoms with Gasteiger partial charge in [-0.1, -0.05) is 11.6 Å². The summed E-state index contributed by atoms with van der Waals surface area (Å²) < 4.78 is 0.546. The van der Waals surface area contributed by atoms with Crippen LogP contribution >= 0.6 is 27.5 Å². The molecule has 0 heterocycles. The van der Waals surface area contributed by atoms with Gasteiger partial charge in [-0.2, -0.15) is 0 Å². The predicted octanol–water partition coefficient (Wildman–Crippen LogP) is 3.64. The minimum atomic E-state index is -1.16. The van der Waals surface area contributed by atoms with Crippen LogP contribution in [0.2, 0.25) is 5.02 Å². The number of benzene rings is 2. The third kappa shape index (κ3) is 3.53. The van der Waals surface area contributed by atoms with E-state index < -0.39 is 11.9 Å². The maximum atomic E-state index is 12.2. The van der Waals surface area contributed by atoms with Crippen molar-refractivity contribution in [2.75, 3.05) is 11.1 Å². The molecule has 2 rings (SSSR count). The number of rotatable bonds is 3. The van der Waals surface area contributed by atoms with Crippen LogP contribution in [0.3, 0.4) is 0 Å². The van der Waals surface area contributed by atoms with E-state index in [0.29, 0.717) is 20.7 Å². The largest absolute Gasteiger partial charge is 0.478 e. The summed E-state index contributed by atoms with van der Waals surface area (Å²) in [7, 11) is 0. The lowest BCUT2D eigenvalue weighted by molar-refractivity contribution is 0.0698. The molecule has 7 heteroatoms. The Morgan fingerprint density at radius 3 is 2.52 bits per heavy atom. The average Bonchev–Trinajstić information content (AvgIpc) is 2.41. The number of anilines is 2. The molecule has 0 aliphatic rings. The minimum Gasteiger partial charge on any atom is -0.478 e. The van der Waals surface area contributed by atoms with Gasteiger partial charge in [-0.15, -0.1) is 0 Å². The first kappa shape index (κ1) is 15.3. The Labute approximate surface area is 133 Å². The van der Waals surface area contributed by atoms with E-state index in [1.807, 2.05) is 0 Å². The molecule has 0 spiro atoms. The zero-order valence-electron chi connectivity index (χ0n) is 10.6. The number of hydrogen-bond acceptors (Lipinski definition) is 3. The van der Waals surface area contributed by atoms with Gasteiger partial charge in [-0.05, 0) is 52.3 Å². The number of halogens is 2. The predicted molar refractivity (Wildman–Crippen MR) is 84.9 cm³/mol. The first-order valence-electron chi connectivity index (χ1n) is 5.77. The van der Waals surface area contributed by atoms with Gasteiger partial charge >= 0.3 is 5.97 Å². The van der Waals surface area contributed by atoms with Gasteiger partial charge in [0.25, 0.3) is 5.91 Å². The van der Waals surface area contributed by atoms with Crippen molar-refractivity contribution in [3.63, 3.8) is 0 Å². The van der Waals surface area contributed by atoms with Crippen LogP contribution in [-0.4, -0.2) is 17.0 Å². The fraction of sp³-hybridized carbons (Fsp3) is 0. The quantitative estimate of drug-likeness (QED) is 0.720. The average molecular weight is 370 g/mol. The van der Waals surface area contributed by atoms with Crippen molar-refractivity contribution in [1.29, 1.82) is 0 Å². The highest BCUT2D eigenvalue weighted by Crippen LogP contribution is 2.24. The van der Waals surface area contributed by atoms with Gasteiger partial charge in [0.05, 0.1) is 16.8 Å². The number of nitrogen functional groups attached to an aromatic ring is 1. The smallest absolute Gasteiger partial charge is 0.337 e. The number of carbonyl (C=O) groups excluding carboxylic acids is 1. The summed E-state index contributed by atoms with van der Waals surface area (Å²) >= 11 is 9.10. The number of aromatic carboxylic acids is 1. The molecule has 4 N–H and O–H groups in total. The lowest BCUT2D eigenvalue weighted by atomic mass is 10.1. The molecular formula is C14H10BrClN2O3. The Morgan fingerprint density at radius 1 is 1.14 bits per heavy atom. The fourth-order valence-corrected chi connectivity index (χ4v) is 2.31. The fourth-order valence-electron chi connectivity index (χ4n) is 1.71. The molecule has 21 heavy (non-hydrogen) atoms. The molecule has 0 fully saturated rings. The first-order valence-corrected chi connectivity index (χ1v) is 6.95. The van der Waals surface area contributed by atoms with E-state index in [-0.39, 0.29) is 11.3 Å². The van der Waals surface area contributed by atoms with Crippen LogP contribution in [0.4, 0.5) is 11.4 Å². The second-order valence-corrected chi connectivity index (χ2v) is 5.48. The van der Waals surface area contributed by atoms with E-state index in [0.717, 1.165) is 0 Å². The summed E-state index contributed by atoms with van der Waals surface area (Å²) in [5.74, 6) is -1.65. The van der Waals surface area contributed by atoms with Gasteiger partial charge in [0.1, 0.15) is 0 Å². The van der Waals surface area contributed by atoms with Crippen molar-refractivity contribution in [2.24, 2.45) is 0 Å².